The van der Waals surface area contributed by atoms with Crippen LogP contribution in [0, 0.1) is 0 Å². The number of rotatable bonds is 4. The van der Waals surface area contributed by atoms with Gasteiger partial charge in [0.25, 0.3) is 0 Å². The molecule has 0 atom stereocenters. The number of nitrogens with one attached hydrogen (secondary N) is 1. The smallest absolute Gasteiger partial charge is 0.335 e. The van der Waals surface area contributed by atoms with Gasteiger partial charge in [0.1, 0.15) is 16.7 Å². The first-order valence-electron chi connectivity index (χ1n) is 5.40. The van der Waals surface area contributed by atoms with Gasteiger partial charge in [-0.1, -0.05) is 11.6 Å². The van der Waals surface area contributed by atoms with E-state index in [2.05, 4.69) is 10.3 Å². The molecule has 1 heterocycles. The minimum absolute atomic E-state index is 0.0796. The van der Waals surface area contributed by atoms with Gasteiger partial charge in [-0.2, -0.15) is 0 Å². The maximum atomic E-state index is 10.9. The molecule has 0 bridgehead atoms. The van der Waals surface area contributed by atoms with Crippen molar-refractivity contribution in [2.75, 3.05) is 12.4 Å². The van der Waals surface area contributed by atoms with E-state index in [1.165, 1.54) is 12.1 Å². The van der Waals surface area contributed by atoms with Crippen LogP contribution >= 0.6 is 11.6 Å². The molecule has 0 aliphatic carbocycles. The Balaban J connectivity index is 2.24. The van der Waals surface area contributed by atoms with Gasteiger partial charge in [0.2, 0.25) is 0 Å². The summed E-state index contributed by atoms with van der Waals surface area (Å²) >= 11 is 5.77. The largest absolute Gasteiger partial charge is 0.497 e. The lowest BCUT2D eigenvalue weighted by Gasteiger charge is -2.07. The van der Waals surface area contributed by atoms with E-state index >= 15 is 0 Å². The number of carbonyl (C=O) groups is 1. The number of anilines is 2. The minimum Gasteiger partial charge on any atom is -0.497 e. The summed E-state index contributed by atoms with van der Waals surface area (Å²) in [6, 6.07) is 9.86. The maximum Gasteiger partial charge on any atom is 0.335 e. The van der Waals surface area contributed by atoms with Crippen LogP contribution in [0.15, 0.2) is 36.4 Å². The predicted octanol–water partition coefficient (Wildman–Crippen LogP) is 3.19. The molecule has 2 N–H and O–H groups in total. The number of aromatic nitrogens is 1. The van der Waals surface area contributed by atoms with Crippen molar-refractivity contribution in [3.63, 3.8) is 0 Å². The highest BCUT2D eigenvalue weighted by molar-refractivity contribution is 6.29. The predicted molar refractivity (Wildman–Crippen MR) is 72.5 cm³/mol. The molecule has 0 fully saturated rings. The third kappa shape index (κ3) is 3.35. The van der Waals surface area contributed by atoms with E-state index in [9.17, 15) is 4.79 Å². The topological polar surface area (TPSA) is 71.5 Å². The normalized spacial score (nSPS) is 10.0. The first kappa shape index (κ1) is 13.2. The molecular weight excluding hydrogens is 268 g/mol. The SMILES string of the molecule is COc1ccc(Nc2cc(C(=O)O)cc(Cl)n2)cc1. The van der Waals surface area contributed by atoms with Crippen LogP contribution in [0.4, 0.5) is 11.5 Å². The Labute approximate surface area is 114 Å². The molecule has 0 saturated heterocycles. The number of nitrogens with zero attached hydrogens (tertiary/aromatic N) is 1. The van der Waals surface area contributed by atoms with Crippen LogP contribution in [0.1, 0.15) is 10.4 Å². The average molecular weight is 279 g/mol. The van der Waals surface area contributed by atoms with E-state index in [1.807, 2.05) is 0 Å². The summed E-state index contributed by atoms with van der Waals surface area (Å²) in [6.45, 7) is 0. The zero-order valence-corrected chi connectivity index (χ0v) is 10.8. The number of halogens is 1. The summed E-state index contributed by atoms with van der Waals surface area (Å²) in [4.78, 5) is 14.9. The first-order chi connectivity index (χ1) is 9.08. The van der Waals surface area contributed by atoms with Crippen molar-refractivity contribution in [3.8, 4) is 5.75 Å². The molecule has 1 aromatic heterocycles. The van der Waals surface area contributed by atoms with Crippen LogP contribution in [-0.2, 0) is 0 Å². The van der Waals surface area contributed by atoms with Crippen molar-refractivity contribution in [1.29, 1.82) is 0 Å². The van der Waals surface area contributed by atoms with E-state index in [0.29, 0.717) is 5.82 Å². The number of methoxy groups -OCH3 is 1. The van der Waals surface area contributed by atoms with E-state index in [4.69, 9.17) is 21.4 Å². The zero-order valence-electron chi connectivity index (χ0n) is 10.1. The first-order valence-corrected chi connectivity index (χ1v) is 5.78. The van der Waals surface area contributed by atoms with Crippen LogP contribution < -0.4 is 10.1 Å². The number of carboxylic acids is 1. The maximum absolute atomic E-state index is 10.9. The van der Waals surface area contributed by atoms with Crippen molar-refractivity contribution in [2.45, 2.75) is 0 Å². The Morgan fingerprint density at radius 2 is 2.00 bits per heavy atom. The van der Waals surface area contributed by atoms with Gasteiger partial charge < -0.3 is 15.2 Å². The van der Waals surface area contributed by atoms with E-state index in [1.54, 1.807) is 31.4 Å². The molecular formula is C13H11ClN2O3. The number of aromatic carboxylic acids is 1. The summed E-state index contributed by atoms with van der Waals surface area (Å²) in [5, 5.41) is 12.0. The fourth-order valence-electron chi connectivity index (χ4n) is 1.51. The van der Waals surface area contributed by atoms with E-state index in [-0.39, 0.29) is 10.7 Å². The minimum atomic E-state index is -1.05. The summed E-state index contributed by atoms with van der Waals surface area (Å²) < 4.78 is 5.05. The Morgan fingerprint density at radius 3 is 2.58 bits per heavy atom. The van der Waals surface area contributed by atoms with Gasteiger partial charge in [0.15, 0.2) is 0 Å². The number of hydrogen-bond donors (Lipinski definition) is 2. The van der Waals surface area contributed by atoms with Crippen molar-refractivity contribution >= 4 is 29.1 Å². The lowest BCUT2D eigenvalue weighted by Crippen LogP contribution is -2.00. The monoisotopic (exact) mass is 278 g/mol. The van der Waals surface area contributed by atoms with E-state index in [0.717, 1.165) is 11.4 Å². The number of pyridine rings is 1. The summed E-state index contributed by atoms with van der Waals surface area (Å²) in [5.74, 6) is 0.0491. The van der Waals surface area contributed by atoms with Gasteiger partial charge in [-0.05, 0) is 36.4 Å². The van der Waals surface area contributed by atoms with Gasteiger partial charge >= 0.3 is 5.97 Å². The molecule has 2 aromatic rings. The van der Waals surface area contributed by atoms with Crippen molar-refractivity contribution < 1.29 is 14.6 Å². The van der Waals surface area contributed by atoms with Crippen molar-refractivity contribution in [1.82, 2.24) is 4.98 Å². The number of hydrogen-bond acceptors (Lipinski definition) is 4. The number of ether oxygens (including phenoxy) is 1. The second-order valence-corrected chi connectivity index (χ2v) is 4.11. The molecule has 19 heavy (non-hydrogen) atoms. The average Bonchev–Trinajstić information content (AvgIpc) is 2.39. The van der Waals surface area contributed by atoms with Gasteiger partial charge in [-0.15, -0.1) is 0 Å². The van der Waals surface area contributed by atoms with Crippen LogP contribution in [0.3, 0.4) is 0 Å². The Hall–Kier alpha value is -2.27. The molecule has 98 valence electrons. The van der Waals surface area contributed by atoms with Crippen molar-refractivity contribution in [3.05, 3.63) is 47.1 Å². The Morgan fingerprint density at radius 1 is 1.32 bits per heavy atom. The van der Waals surface area contributed by atoms with Gasteiger partial charge in [-0.25, -0.2) is 9.78 Å². The second-order valence-electron chi connectivity index (χ2n) is 3.72. The molecule has 6 heteroatoms. The number of carboxylic acid groups (broad SMARTS) is 1. The van der Waals surface area contributed by atoms with Crippen LogP contribution in [0.5, 0.6) is 5.75 Å². The highest BCUT2D eigenvalue weighted by atomic mass is 35.5. The third-order valence-corrected chi connectivity index (χ3v) is 2.60. The highest BCUT2D eigenvalue weighted by Crippen LogP contribution is 2.21. The standard InChI is InChI=1S/C13H11ClN2O3/c1-19-10-4-2-9(3-5-10)15-12-7-8(13(17)18)6-11(14)16-12/h2-7H,1H3,(H,15,16)(H,17,18). The zero-order chi connectivity index (χ0) is 13.8. The molecule has 5 nitrogen and oxygen atoms in total. The Kier molecular flexibility index (Phi) is 3.87. The van der Waals surface area contributed by atoms with Gasteiger partial charge in [0, 0.05) is 5.69 Å². The Bertz CT molecular complexity index is 599. The second kappa shape index (κ2) is 5.58. The highest BCUT2D eigenvalue weighted by Gasteiger charge is 2.07. The summed E-state index contributed by atoms with van der Waals surface area (Å²) in [5.41, 5.74) is 0.836. The third-order valence-electron chi connectivity index (χ3n) is 2.40. The number of benzene rings is 1. The molecule has 1 aromatic carbocycles. The fraction of sp³-hybridized carbons (Fsp3) is 0.0769. The molecule has 0 radical (unpaired) electrons. The van der Waals surface area contributed by atoms with Crippen LogP contribution in [0.25, 0.3) is 0 Å². The van der Waals surface area contributed by atoms with Gasteiger partial charge in [0.05, 0.1) is 12.7 Å². The molecule has 0 aliphatic rings. The summed E-state index contributed by atoms with van der Waals surface area (Å²) in [7, 11) is 1.58. The lowest BCUT2D eigenvalue weighted by molar-refractivity contribution is 0.0697. The molecule has 0 unspecified atom stereocenters. The summed E-state index contributed by atoms with van der Waals surface area (Å²) in [6.07, 6.45) is 0. The molecule has 0 amide bonds. The molecule has 2 rings (SSSR count). The molecule has 0 spiro atoms. The van der Waals surface area contributed by atoms with Crippen LogP contribution in [-0.4, -0.2) is 23.2 Å². The molecule has 0 aliphatic heterocycles. The van der Waals surface area contributed by atoms with E-state index < -0.39 is 5.97 Å². The quantitative estimate of drug-likeness (QED) is 0.841. The van der Waals surface area contributed by atoms with Crippen molar-refractivity contribution in [2.24, 2.45) is 0 Å². The lowest BCUT2D eigenvalue weighted by atomic mass is 10.2. The van der Waals surface area contributed by atoms with Gasteiger partial charge in [-0.3, -0.25) is 0 Å². The fourth-order valence-corrected chi connectivity index (χ4v) is 1.72. The van der Waals surface area contributed by atoms with Crippen LogP contribution in [0.2, 0.25) is 5.15 Å². The molecule has 0 saturated carbocycles.